The molecule has 0 aliphatic heterocycles. The molecule has 15 heavy (non-hydrogen) atoms. The van der Waals surface area contributed by atoms with E-state index in [4.69, 9.17) is 0 Å². The third-order valence-electron chi connectivity index (χ3n) is 3.43. The van der Waals surface area contributed by atoms with Crippen molar-refractivity contribution in [2.45, 2.75) is 39.5 Å². The Kier molecular flexibility index (Phi) is 2.95. The number of rotatable bonds is 2. The molecule has 0 aromatic heterocycles. The van der Waals surface area contributed by atoms with Gasteiger partial charge in [0.05, 0.1) is 0 Å². The van der Waals surface area contributed by atoms with Crippen LogP contribution in [0.25, 0.3) is 0 Å². The molecule has 0 nitrogen and oxygen atoms in total. The largest absolute Gasteiger partial charge is 0.0839 e. The van der Waals surface area contributed by atoms with Crippen molar-refractivity contribution >= 4 is 0 Å². The Balaban J connectivity index is 2.25. The normalized spacial score (nSPS) is 21.2. The van der Waals surface area contributed by atoms with Gasteiger partial charge in [-0.05, 0) is 36.8 Å². The second-order valence-corrected chi connectivity index (χ2v) is 4.90. The zero-order valence-corrected chi connectivity index (χ0v) is 9.79. The van der Waals surface area contributed by atoms with E-state index in [0.29, 0.717) is 0 Å². The van der Waals surface area contributed by atoms with Crippen molar-refractivity contribution in [2.24, 2.45) is 5.41 Å². The maximum atomic E-state index is 2.39. The first-order chi connectivity index (χ1) is 7.21. The van der Waals surface area contributed by atoms with Crippen LogP contribution in [0, 0.1) is 5.41 Å². The topological polar surface area (TPSA) is 0 Å². The van der Waals surface area contributed by atoms with Gasteiger partial charge in [-0.2, -0.15) is 0 Å². The van der Waals surface area contributed by atoms with Crippen LogP contribution in [0.4, 0.5) is 0 Å². The summed E-state index contributed by atoms with van der Waals surface area (Å²) in [5, 5.41) is 0. The minimum Gasteiger partial charge on any atom is -0.0839 e. The zero-order valence-electron chi connectivity index (χ0n) is 9.79. The van der Waals surface area contributed by atoms with Crippen LogP contribution in [-0.2, 0) is 0 Å². The van der Waals surface area contributed by atoms with E-state index in [2.05, 4.69) is 50.3 Å². The van der Waals surface area contributed by atoms with Crippen LogP contribution in [0.3, 0.4) is 0 Å². The van der Waals surface area contributed by atoms with Gasteiger partial charge in [0.2, 0.25) is 0 Å². The predicted molar refractivity (Wildman–Crippen MR) is 66.7 cm³/mol. The molecule has 0 saturated heterocycles. The quantitative estimate of drug-likeness (QED) is 0.612. The smallest absolute Gasteiger partial charge is 0.0140 e. The maximum Gasteiger partial charge on any atom is 0.0140 e. The third kappa shape index (κ3) is 2.14. The Labute approximate surface area is 93.1 Å². The van der Waals surface area contributed by atoms with Gasteiger partial charge < -0.3 is 0 Å². The predicted octanol–water partition coefficient (Wildman–Crippen LogP) is 4.57. The Morgan fingerprint density at radius 3 is 1.60 bits per heavy atom. The summed E-state index contributed by atoms with van der Waals surface area (Å²) < 4.78 is 0. The summed E-state index contributed by atoms with van der Waals surface area (Å²) in [4.78, 5) is 0. The maximum absolute atomic E-state index is 2.39. The highest BCUT2D eigenvalue weighted by atomic mass is 14.3. The van der Waals surface area contributed by atoms with Crippen LogP contribution in [0.1, 0.15) is 39.5 Å². The number of hydrogen-bond acceptors (Lipinski definition) is 0. The Morgan fingerprint density at radius 2 is 1.27 bits per heavy atom. The van der Waals surface area contributed by atoms with Gasteiger partial charge in [0.25, 0.3) is 0 Å². The molecule has 2 rings (SSSR count). The molecular weight excluding hydrogens is 180 g/mol. The fraction of sp³-hybridized carbons (Fsp3) is 0.467. The van der Waals surface area contributed by atoms with E-state index in [1.165, 1.54) is 36.8 Å². The summed E-state index contributed by atoms with van der Waals surface area (Å²) in [6.45, 7) is 4.66. The minimum atomic E-state index is 0.188. The van der Waals surface area contributed by atoms with Gasteiger partial charge in [0.1, 0.15) is 0 Å². The molecule has 0 fully saturated rings. The number of hydrogen-bond donors (Lipinski definition) is 0. The van der Waals surface area contributed by atoms with Crippen molar-refractivity contribution in [1.29, 1.82) is 0 Å². The van der Waals surface area contributed by atoms with Gasteiger partial charge in [-0.1, -0.05) is 50.3 Å². The van der Waals surface area contributed by atoms with Gasteiger partial charge in [0, 0.05) is 5.41 Å². The highest BCUT2D eigenvalue weighted by Gasteiger charge is 2.25. The fourth-order valence-corrected chi connectivity index (χ4v) is 2.32. The van der Waals surface area contributed by atoms with Crippen molar-refractivity contribution in [3.05, 3.63) is 47.6 Å². The average Bonchev–Trinajstić information content (AvgIpc) is 2.31. The van der Waals surface area contributed by atoms with Crippen LogP contribution < -0.4 is 0 Å². The lowest BCUT2D eigenvalue weighted by Crippen LogP contribution is -2.17. The Hall–Kier alpha value is -1.04. The van der Waals surface area contributed by atoms with Crippen LogP contribution >= 0.6 is 0 Å². The number of allylic oxidation sites excluding steroid dienone is 8. The molecule has 0 aromatic rings. The summed E-state index contributed by atoms with van der Waals surface area (Å²) in [7, 11) is 0. The van der Waals surface area contributed by atoms with E-state index < -0.39 is 0 Å². The van der Waals surface area contributed by atoms with E-state index in [1.807, 2.05) is 0 Å². The summed E-state index contributed by atoms with van der Waals surface area (Å²) in [6, 6.07) is 0. The molecule has 2 aliphatic carbocycles. The highest BCUT2D eigenvalue weighted by Crippen LogP contribution is 2.39. The van der Waals surface area contributed by atoms with Crippen LogP contribution in [-0.4, -0.2) is 0 Å². The lowest BCUT2D eigenvalue weighted by atomic mass is 9.74. The summed E-state index contributed by atoms with van der Waals surface area (Å²) in [5.41, 5.74) is 3.14. The van der Waals surface area contributed by atoms with E-state index >= 15 is 0 Å². The molecule has 0 atom stereocenters. The molecule has 0 heterocycles. The van der Waals surface area contributed by atoms with Crippen molar-refractivity contribution < 1.29 is 0 Å². The van der Waals surface area contributed by atoms with Crippen LogP contribution in [0.2, 0.25) is 0 Å². The van der Waals surface area contributed by atoms with Crippen LogP contribution in [0.5, 0.6) is 0 Å². The molecule has 0 saturated carbocycles. The molecule has 0 unspecified atom stereocenters. The molecule has 2 aliphatic rings. The van der Waals surface area contributed by atoms with Crippen LogP contribution in [0.15, 0.2) is 47.6 Å². The minimum absolute atomic E-state index is 0.188. The van der Waals surface area contributed by atoms with Crippen molar-refractivity contribution in [2.75, 3.05) is 0 Å². The molecule has 80 valence electrons. The van der Waals surface area contributed by atoms with Crippen molar-refractivity contribution in [3.63, 3.8) is 0 Å². The standard InChI is InChI=1S/C15H20/c1-15(2,13-9-5-3-6-10-13)14-11-7-4-8-12-14/h5,7,9-12H,3-4,6,8H2,1-2H3. The van der Waals surface area contributed by atoms with Gasteiger partial charge >= 0.3 is 0 Å². The second kappa shape index (κ2) is 4.22. The van der Waals surface area contributed by atoms with Gasteiger partial charge in [-0.3, -0.25) is 0 Å². The molecule has 0 heteroatoms. The van der Waals surface area contributed by atoms with Crippen molar-refractivity contribution in [1.82, 2.24) is 0 Å². The molecule has 0 radical (unpaired) electrons. The molecule has 0 N–H and O–H groups in total. The van der Waals surface area contributed by atoms with E-state index in [-0.39, 0.29) is 5.41 Å². The van der Waals surface area contributed by atoms with Gasteiger partial charge in [0.15, 0.2) is 0 Å². The first kappa shape index (κ1) is 10.5. The Morgan fingerprint density at radius 1 is 0.800 bits per heavy atom. The monoisotopic (exact) mass is 200 g/mol. The SMILES string of the molecule is CC(C)(C1=CCCC=C1)C1=CCCC=C1. The second-order valence-electron chi connectivity index (χ2n) is 4.90. The summed E-state index contributed by atoms with van der Waals surface area (Å²) >= 11 is 0. The Bertz CT molecular complexity index is 314. The molecule has 0 spiro atoms. The zero-order chi connectivity index (χ0) is 10.7. The van der Waals surface area contributed by atoms with Crippen molar-refractivity contribution in [3.8, 4) is 0 Å². The van der Waals surface area contributed by atoms with Gasteiger partial charge in [-0.25, -0.2) is 0 Å². The summed E-state index contributed by atoms with van der Waals surface area (Å²) in [5.74, 6) is 0. The first-order valence-corrected chi connectivity index (χ1v) is 5.95. The average molecular weight is 200 g/mol. The highest BCUT2D eigenvalue weighted by molar-refractivity contribution is 5.41. The first-order valence-electron chi connectivity index (χ1n) is 5.95. The lowest BCUT2D eigenvalue weighted by Gasteiger charge is -2.30. The lowest BCUT2D eigenvalue weighted by molar-refractivity contribution is 0.554. The molecular formula is C15H20. The molecule has 0 amide bonds. The van der Waals surface area contributed by atoms with E-state index in [9.17, 15) is 0 Å². The summed E-state index contributed by atoms with van der Waals surface area (Å²) in [6.07, 6.45) is 18.8. The van der Waals surface area contributed by atoms with E-state index in [0.717, 1.165) is 0 Å². The molecule has 0 aromatic carbocycles. The van der Waals surface area contributed by atoms with Gasteiger partial charge in [-0.15, -0.1) is 0 Å². The third-order valence-corrected chi connectivity index (χ3v) is 3.43. The molecule has 0 bridgehead atoms. The fourth-order valence-electron chi connectivity index (χ4n) is 2.32. The van der Waals surface area contributed by atoms with E-state index in [1.54, 1.807) is 0 Å².